The van der Waals surface area contributed by atoms with Crippen LogP contribution < -0.4 is 14.8 Å². The van der Waals surface area contributed by atoms with E-state index in [1.54, 1.807) is 11.3 Å². The van der Waals surface area contributed by atoms with E-state index < -0.39 is 0 Å². The molecule has 3 rings (SSSR count). The lowest BCUT2D eigenvalue weighted by Crippen LogP contribution is -2.44. The van der Waals surface area contributed by atoms with Crippen molar-refractivity contribution in [1.82, 2.24) is 15.2 Å². The summed E-state index contributed by atoms with van der Waals surface area (Å²) < 4.78 is 10.9. The third kappa shape index (κ3) is 6.86. The quantitative estimate of drug-likeness (QED) is 0.869. The number of aryl methyl sites for hydroxylation is 1. The number of ether oxygens (including phenoxy) is 2. The van der Waals surface area contributed by atoms with Crippen LogP contribution in [0.1, 0.15) is 12.6 Å². The smallest absolute Gasteiger partial charge is 0.196 e. The van der Waals surface area contributed by atoms with Gasteiger partial charge in [-0.3, -0.25) is 4.90 Å². The third-order valence-electron chi connectivity index (χ3n) is 3.61. The number of hydrogen-bond acceptors (Lipinski definition) is 6. The minimum Gasteiger partial charge on any atom is -0.494 e. The topological polar surface area (TPSA) is 46.6 Å². The van der Waals surface area contributed by atoms with Crippen LogP contribution >= 0.6 is 11.3 Å². The Morgan fingerprint density at radius 2 is 1.92 bits per heavy atom. The second-order valence-electron chi connectivity index (χ2n) is 5.41. The fourth-order valence-electron chi connectivity index (χ4n) is 2.32. The van der Waals surface area contributed by atoms with Gasteiger partial charge in [-0.2, -0.15) is 0 Å². The lowest BCUT2D eigenvalue weighted by molar-refractivity contribution is 0.193. The number of hydrogen-bond donors (Lipinski definition) is 1. The number of nitrogens with one attached hydrogen (secondary N) is 1. The van der Waals surface area contributed by atoms with E-state index in [1.807, 2.05) is 49.7 Å². The molecule has 0 spiro atoms. The molecule has 0 amide bonds. The minimum atomic E-state index is 0.740. The number of rotatable bonds is 6. The maximum atomic E-state index is 5.67. The molecule has 6 heteroatoms. The van der Waals surface area contributed by atoms with Gasteiger partial charge in [-0.1, -0.05) is 29.5 Å². The van der Waals surface area contributed by atoms with E-state index in [-0.39, 0.29) is 0 Å². The summed E-state index contributed by atoms with van der Waals surface area (Å²) in [6.45, 7) is 10.9. The maximum absolute atomic E-state index is 5.67. The predicted molar refractivity (Wildman–Crippen MR) is 99.3 cm³/mol. The van der Waals surface area contributed by atoms with Crippen LogP contribution in [0.25, 0.3) is 0 Å². The molecule has 1 saturated heterocycles. The first-order valence-electron chi connectivity index (χ1n) is 8.43. The van der Waals surface area contributed by atoms with Crippen molar-refractivity contribution in [3.63, 3.8) is 0 Å². The molecule has 0 saturated carbocycles. The molecule has 0 radical (unpaired) electrons. The number of thiazole rings is 1. The van der Waals surface area contributed by atoms with Crippen molar-refractivity contribution < 1.29 is 9.47 Å². The second kappa shape index (κ2) is 11.0. The van der Waals surface area contributed by atoms with Gasteiger partial charge in [0.15, 0.2) is 5.06 Å². The highest BCUT2D eigenvalue weighted by Crippen LogP contribution is 2.21. The molecule has 1 aliphatic rings. The zero-order valence-electron chi connectivity index (χ0n) is 14.5. The average molecular weight is 350 g/mol. The summed E-state index contributed by atoms with van der Waals surface area (Å²) in [7, 11) is 0. The Kier molecular flexibility index (Phi) is 8.59. The zero-order chi connectivity index (χ0) is 17.0. The Labute approximate surface area is 148 Å². The van der Waals surface area contributed by atoms with Gasteiger partial charge in [0.25, 0.3) is 0 Å². The first-order valence-corrected chi connectivity index (χ1v) is 9.31. The molecule has 5 nitrogen and oxygen atoms in total. The maximum Gasteiger partial charge on any atom is 0.196 e. The molecule has 24 heavy (non-hydrogen) atoms. The van der Waals surface area contributed by atoms with Crippen molar-refractivity contribution in [3.8, 4) is 10.8 Å². The molecule has 132 valence electrons. The lowest BCUT2D eigenvalue weighted by atomic mass is 10.3. The number of benzene rings is 1. The SMILES string of the molecule is CCOc1ccccc1.Cc1ncsc1OCCN1CCNCC1. The van der Waals surface area contributed by atoms with Crippen molar-refractivity contribution in [3.05, 3.63) is 41.5 Å². The molecule has 0 atom stereocenters. The third-order valence-corrected chi connectivity index (χ3v) is 4.44. The van der Waals surface area contributed by atoms with Crippen LogP contribution in [0.5, 0.6) is 10.8 Å². The second-order valence-corrected chi connectivity index (χ2v) is 6.23. The van der Waals surface area contributed by atoms with Crippen LogP contribution in [-0.4, -0.2) is 55.8 Å². The first-order chi connectivity index (χ1) is 11.8. The highest BCUT2D eigenvalue weighted by molar-refractivity contribution is 7.11. The molecular formula is C18H27N3O2S. The summed E-state index contributed by atoms with van der Waals surface area (Å²) in [6.07, 6.45) is 0. The van der Waals surface area contributed by atoms with Gasteiger partial charge >= 0.3 is 0 Å². The summed E-state index contributed by atoms with van der Waals surface area (Å²) in [6, 6.07) is 9.80. The van der Waals surface area contributed by atoms with Crippen LogP contribution in [0.2, 0.25) is 0 Å². The van der Waals surface area contributed by atoms with Gasteiger partial charge in [-0.25, -0.2) is 4.98 Å². The molecular weight excluding hydrogens is 322 g/mol. The summed E-state index contributed by atoms with van der Waals surface area (Å²) in [5.74, 6) is 0.944. The number of piperazine rings is 1. The van der Waals surface area contributed by atoms with Gasteiger partial charge in [0, 0.05) is 32.7 Å². The van der Waals surface area contributed by atoms with Crippen LogP contribution in [0.15, 0.2) is 35.8 Å². The fraction of sp³-hybridized carbons (Fsp3) is 0.500. The van der Waals surface area contributed by atoms with Crippen LogP contribution in [0, 0.1) is 6.92 Å². The molecule has 1 N–H and O–H groups in total. The summed E-state index contributed by atoms with van der Waals surface area (Å²) in [5, 5.41) is 4.30. The van der Waals surface area contributed by atoms with Gasteiger partial charge in [0.05, 0.1) is 17.8 Å². The van der Waals surface area contributed by atoms with Gasteiger partial charge in [0.1, 0.15) is 12.4 Å². The lowest BCUT2D eigenvalue weighted by Gasteiger charge is -2.26. The standard InChI is InChI=1S/C10H17N3OS.C8H10O/c1-9-10(15-8-12-9)14-7-6-13-4-2-11-3-5-13;1-2-9-8-6-4-3-5-7-8/h8,11H,2-7H2,1H3;3-7H,2H2,1H3. The van der Waals surface area contributed by atoms with E-state index in [4.69, 9.17) is 9.47 Å². The van der Waals surface area contributed by atoms with Crippen molar-refractivity contribution >= 4 is 11.3 Å². The van der Waals surface area contributed by atoms with Crippen LogP contribution in [0.3, 0.4) is 0 Å². The summed E-state index contributed by atoms with van der Waals surface area (Å²) in [5.41, 5.74) is 2.83. The van der Waals surface area contributed by atoms with Crippen molar-refractivity contribution in [1.29, 1.82) is 0 Å². The van der Waals surface area contributed by atoms with Crippen molar-refractivity contribution in [2.45, 2.75) is 13.8 Å². The Balaban J connectivity index is 0.000000198. The minimum absolute atomic E-state index is 0.740. The molecule has 0 aliphatic carbocycles. The Hall–Kier alpha value is -1.63. The average Bonchev–Trinajstić information content (AvgIpc) is 3.03. The first kappa shape index (κ1) is 18.7. The molecule has 1 aliphatic heterocycles. The van der Waals surface area contributed by atoms with E-state index >= 15 is 0 Å². The fourth-order valence-corrected chi connectivity index (χ4v) is 3.00. The van der Waals surface area contributed by atoms with E-state index in [1.165, 1.54) is 0 Å². The van der Waals surface area contributed by atoms with Crippen LogP contribution in [0.4, 0.5) is 0 Å². The number of nitrogens with zero attached hydrogens (tertiary/aromatic N) is 2. The van der Waals surface area contributed by atoms with Crippen molar-refractivity contribution in [2.75, 3.05) is 45.9 Å². The summed E-state index contributed by atoms with van der Waals surface area (Å²) >= 11 is 1.57. The normalized spacial score (nSPS) is 14.6. The van der Waals surface area contributed by atoms with E-state index in [9.17, 15) is 0 Å². The molecule has 2 aromatic rings. The van der Waals surface area contributed by atoms with E-state index in [0.29, 0.717) is 0 Å². The van der Waals surface area contributed by atoms with E-state index in [0.717, 1.165) is 62.4 Å². The largest absolute Gasteiger partial charge is 0.494 e. The molecule has 0 bridgehead atoms. The van der Waals surface area contributed by atoms with Gasteiger partial charge in [0.2, 0.25) is 0 Å². The molecule has 1 aromatic carbocycles. The monoisotopic (exact) mass is 349 g/mol. The molecule has 2 heterocycles. The highest BCUT2D eigenvalue weighted by Gasteiger charge is 2.09. The predicted octanol–water partition coefficient (Wildman–Crippen LogP) is 2.82. The number of para-hydroxylation sites is 1. The summed E-state index contributed by atoms with van der Waals surface area (Å²) in [4.78, 5) is 6.58. The number of aromatic nitrogens is 1. The Morgan fingerprint density at radius 3 is 2.54 bits per heavy atom. The highest BCUT2D eigenvalue weighted by atomic mass is 32.1. The van der Waals surface area contributed by atoms with Gasteiger partial charge in [-0.15, -0.1) is 0 Å². The van der Waals surface area contributed by atoms with Crippen LogP contribution in [-0.2, 0) is 0 Å². The van der Waals surface area contributed by atoms with Gasteiger partial charge < -0.3 is 14.8 Å². The zero-order valence-corrected chi connectivity index (χ0v) is 15.3. The molecule has 1 aromatic heterocycles. The Bertz CT molecular complexity index is 556. The van der Waals surface area contributed by atoms with Crippen molar-refractivity contribution in [2.24, 2.45) is 0 Å². The van der Waals surface area contributed by atoms with E-state index in [2.05, 4.69) is 15.2 Å². The molecule has 0 unspecified atom stereocenters. The van der Waals surface area contributed by atoms with Gasteiger partial charge in [-0.05, 0) is 26.0 Å². The Morgan fingerprint density at radius 1 is 1.17 bits per heavy atom. The molecule has 1 fully saturated rings.